The average Bonchev–Trinajstić information content (AvgIpc) is 3.18. The number of hydrogen-bond acceptors (Lipinski definition) is 3. The zero-order chi connectivity index (χ0) is 17.8. The molecule has 2 aliphatic carbocycles. The van der Waals surface area contributed by atoms with Crippen LogP contribution < -0.4 is 10.6 Å². The van der Waals surface area contributed by atoms with Gasteiger partial charge in [0.15, 0.2) is 5.96 Å². The van der Waals surface area contributed by atoms with E-state index in [0.717, 1.165) is 31.0 Å². The van der Waals surface area contributed by atoms with Gasteiger partial charge in [0.25, 0.3) is 0 Å². The first-order valence-electron chi connectivity index (χ1n) is 10.5. The van der Waals surface area contributed by atoms with Gasteiger partial charge in [0, 0.05) is 43.0 Å². The summed E-state index contributed by atoms with van der Waals surface area (Å²) in [5, 5.41) is 9.51. The largest absolute Gasteiger partial charge is 0.356 e. The summed E-state index contributed by atoms with van der Waals surface area (Å²) in [6.07, 6.45) is 10.9. The SMILES string of the molecule is CN=C(NCC1CCN(C2CC2)C1)NCC1(c2cccs2)CCCCC1. The lowest BCUT2D eigenvalue weighted by Gasteiger charge is -2.37. The minimum atomic E-state index is 0.306. The van der Waals surface area contributed by atoms with Gasteiger partial charge in [0.2, 0.25) is 0 Å². The Morgan fingerprint density at radius 2 is 2.08 bits per heavy atom. The topological polar surface area (TPSA) is 39.7 Å². The first-order chi connectivity index (χ1) is 12.8. The quantitative estimate of drug-likeness (QED) is 0.590. The molecule has 144 valence electrons. The average molecular weight is 375 g/mol. The molecule has 1 aromatic heterocycles. The maximum atomic E-state index is 4.50. The Morgan fingerprint density at radius 1 is 1.23 bits per heavy atom. The number of likely N-dealkylation sites (tertiary alicyclic amines) is 1. The van der Waals surface area contributed by atoms with Crippen molar-refractivity contribution in [1.82, 2.24) is 15.5 Å². The molecule has 4 nitrogen and oxygen atoms in total. The number of rotatable bonds is 6. The van der Waals surface area contributed by atoms with Crippen LogP contribution in [0.2, 0.25) is 0 Å². The van der Waals surface area contributed by atoms with Gasteiger partial charge in [-0.3, -0.25) is 4.99 Å². The molecule has 0 spiro atoms. The number of thiophene rings is 1. The first-order valence-corrected chi connectivity index (χ1v) is 11.4. The van der Waals surface area contributed by atoms with Gasteiger partial charge in [-0.2, -0.15) is 0 Å². The molecule has 1 unspecified atom stereocenters. The van der Waals surface area contributed by atoms with Crippen molar-refractivity contribution in [3.8, 4) is 0 Å². The highest BCUT2D eigenvalue weighted by Crippen LogP contribution is 2.41. The third-order valence-electron chi connectivity index (χ3n) is 6.61. The molecule has 5 heteroatoms. The van der Waals surface area contributed by atoms with Crippen molar-refractivity contribution >= 4 is 17.3 Å². The van der Waals surface area contributed by atoms with Crippen LogP contribution >= 0.6 is 11.3 Å². The van der Waals surface area contributed by atoms with Crippen LogP contribution in [0, 0.1) is 5.92 Å². The predicted molar refractivity (Wildman–Crippen MR) is 111 cm³/mol. The van der Waals surface area contributed by atoms with Crippen molar-refractivity contribution in [2.45, 2.75) is 62.8 Å². The molecule has 2 saturated carbocycles. The maximum absolute atomic E-state index is 4.50. The van der Waals surface area contributed by atoms with E-state index in [1.165, 1.54) is 64.5 Å². The molecule has 3 aliphatic rings. The Kier molecular flexibility index (Phi) is 5.84. The number of guanidine groups is 1. The van der Waals surface area contributed by atoms with Crippen molar-refractivity contribution in [3.63, 3.8) is 0 Å². The van der Waals surface area contributed by atoms with E-state index in [1.54, 1.807) is 4.88 Å². The molecule has 0 aromatic carbocycles. The molecule has 1 aliphatic heterocycles. The van der Waals surface area contributed by atoms with E-state index >= 15 is 0 Å². The van der Waals surface area contributed by atoms with E-state index in [0.29, 0.717) is 5.41 Å². The summed E-state index contributed by atoms with van der Waals surface area (Å²) in [5.74, 6) is 1.76. The van der Waals surface area contributed by atoms with Gasteiger partial charge >= 0.3 is 0 Å². The van der Waals surface area contributed by atoms with E-state index in [2.05, 4.69) is 38.0 Å². The number of hydrogen-bond donors (Lipinski definition) is 2. The molecule has 3 fully saturated rings. The number of nitrogens with one attached hydrogen (secondary N) is 2. The Bertz CT molecular complexity index is 587. The summed E-state index contributed by atoms with van der Waals surface area (Å²) in [6, 6.07) is 5.45. The van der Waals surface area contributed by atoms with E-state index in [4.69, 9.17) is 0 Å². The van der Waals surface area contributed by atoms with Crippen molar-refractivity contribution in [3.05, 3.63) is 22.4 Å². The molecule has 0 bridgehead atoms. The number of aliphatic imine (C=N–C) groups is 1. The third kappa shape index (κ3) is 4.25. The first kappa shape index (κ1) is 18.3. The normalized spacial score (nSPS) is 26.8. The van der Waals surface area contributed by atoms with E-state index in [9.17, 15) is 0 Å². The van der Waals surface area contributed by atoms with Gasteiger partial charge < -0.3 is 15.5 Å². The lowest BCUT2D eigenvalue weighted by molar-refractivity contribution is 0.296. The molecule has 2 N–H and O–H groups in total. The molecular formula is C21H34N4S. The fourth-order valence-corrected chi connectivity index (χ4v) is 5.82. The van der Waals surface area contributed by atoms with Crippen LogP contribution in [0.3, 0.4) is 0 Å². The fraction of sp³-hybridized carbons (Fsp3) is 0.762. The van der Waals surface area contributed by atoms with Crippen LogP contribution in [0.1, 0.15) is 56.2 Å². The lowest BCUT2D eigenvalue weighted by Crippen LogP contribution is -2.47. The van der Waals surface area contributed by atoms with Crippen LogP contribution in [0.15, 0.2) is 22.5 Å². The van der Waals surface area contributed by atoms with Crippen molar-refractivity contribution in [2.24, 2.45) is 10.9 Å². The third-order valence-corrected chi connectivity index (χ3v) is 7.73. The molecule has 1 saturated heterocycles. The van der Waals surface area contributed by atoms with Gasteiger partial charge in [0.05, 0.1) is 0 Å². The van der Waals surface area contributed by atoms with Crippen LogP contribution in [-0.2, 0) is 5.41 Å². The maximum Gasteiger partial charge on any atom is 0.191 e. The zero-order valence-corrected chi connectivity index (χ0v) is 17.0. The minimum absolute atomic E-state index is 0.306. The van der Waals surface area contributed by atoms with Gasteiger partial charge in [0.1, 0.15) is 0 Å². The summed E-state index contributed by atoms with van der Waals surface area (Å²) in [7, 11) is 1.90. The molecule has 0 amide bonds. The molecule has 4 rings (SSSR count). The second-order valence-electron chi connectivity index (χ2n) is 8.51. The fourth-order valence-electron chi connectivity index (χ4n) is 4.83. The monoisotopic (exact) mass is 374 g/mol. The highest BCUT2D eigenvalue weighted by Gasteiger charge is 2.36. The smallest absolute Gasteiger partial charge is 0.191 e. The van der Waals surface area contributed by atoms with Crippen molar-refractivity contribution < 1.29 is 0 Å². The second kappa shape index (κ2) is 8.30. The molecular weight excluding hydrogens is 340 g/mol. The molecule has 2 heterocycles. The van der Waals surface area contributed by atoms with Gasteiger partial charge in [-0.15, -0.1) is 11.3 Å². The second-order valence-corrected chi connectivity index (χ2v) is 9.45. The number of nitrogens with zero attached hydrogens (tertiary/aromatic N) is 2. The summed E-state index contributed by atoms with van der Waals surface area (Å²) >= 11 is 1.92. The lowest BCUT2D eigenvalue weighted by atomic mass is 9.73. The van der Waals surface area contributed by atoms with Crippen LogP contribution in [0.5, 0.6) is 0 Å². The molecule has 26 heavy (non-hydrogen) atoms. The van der Waals surface area contributed by atoms with Gasteiger partial charge in [-0.1, -0.05) is 25.3 Å². The Labute approximate surface area is 162 Å². The van der Waals surface area contributed by atoms with Crippen LogP contribution in [0.4, 0.5) is 0 Å². The summed E-state index contributed by atoms with van der Waals surface area (Å²) in [6.45, 7) is 4.62. The Balaban J connectivity index is 1.28. The highest BCUT2D eigenvalue weighted by atomic mass is 32.1. The molecule has 1 atom stereocenters. The molecule has 0 radical (unpaired) electrons. The summed E-state index contributed by atoms with van der Waals surface area (Å²) in [5.41, 5.74) is 0.306. The summed E-state index contributed by atoms with van der Waals surface area (Å²) < 4.78 is 0. The van der Waals surface area contributed by atoms with E-state index < -0.39 is 0 Å². The standard InChI is InChI=1S/C21H34N4S/c1-22-20(23-14-17-9-12-25(15-17)18-7-8-18)24-16-21(10-3-2-4-11-21)19-6-5-13-26-19/h5-6,13,17-18H,2-4,7-12,14-16H2,1H3,(H2,22,23,24). The zero-order valence-electron chi connectivity index (χ0n) is 16.2. The molecule has 1 aromatic rings. The van der Waals surface area contributed by atoms with Gasteiger partial charge in [-0.25, -0.2) is 0 Å². The van der Waals surface area contributed by atoms with Crippen LogP contribution in [0.25, 0.3) is 0 Å². The highest BCUT2D eigenvalue weighted by molar-refractivity contribution is 7.10. The Hall–Kier alpha value is -1.07. The van der Waals surface area contributed by atoms with E-state index in [1.807, 2.05) is 18.4 Å². The predicted octanol–water partition coefficient (Wildman–Crippen LogP) is 3.60. The minimum Gasteiger partial charge on any atom is -0.356 e. The van der Waals surface area contributed by atoms with Gasteiger partial charge in [-0.05, 0) is 56.0 Å². The van der Waals surface area contributed by atoms with Crippen LogP contribution in [-0.4, -0.2) is 50.1 Å². The van der Waals surface area contributed by atoms with E-state index in [-0.39, 0.29) is 0 Å². The van der Waals surface area contributed by atoms with Crippen molar-refractivity contribution in [2.75, 3.05) is 33.2 Å². The van der Waals surface area contributed by atoms with Crippen molar-refractivity contribution in [1.29, 1.82) is 0 Å². The summed E-state index contributed by atoms with van der Waals surface area (Å²) in [4.78, 5) is 8.74. The Morgan fingerprint density at radius 3 is 2.77 bits per heavy atom.